The van der Waals surface area contributed by atoms with Gasteiger partial charge >= 0.3 is 0 Å². The number of nitrogens with one attached hydrogen (secondary N) is 1. The summed E-state index contributed by atoms with van der Waals surface area (Å²) in [5.74, 6) is 1.45. The number of hydrogen-bond donors (Lipinski definition) is 1. The maximum absolute atomic E-state index is 12.1. The van der Waals surface area contributed by atoms with Crippen LogP contribution in [0.3, 0.4) is 0 Å². The molecule has 3 heteroatoms. The first-order chi connectivity index (χ1) is 11.0. The second kappa shape index (κ2) is 8.21. The molecule has 0 aliphatic rings. The minimum atomic E-state index is 0.0435. The summed E-state index contributed by atoms with van der Waals surface area (Å²) in [5, 5.41) is 3.10. The fourth-order valence-corrected chi connectivity index (χ4v) is 3.44. The number of carbonyl (C=O) groups is 1. The van der Waals surface area contributed by atoms with Crippen LogP contribution >= 0.6 is 11.8 Å². The van der Waals surface area contributed by atoms with E-state index in [0.29, 0.717) is 5.75 Å². The number of hydrogen-bond acceptors (Lipinski definition) is 2. The van der Waals surface area contributed by atoms with Crippen LogP contribution < -0.4 is 5.32 Å². The average molecular weight is 327 g/mol. The van der Waals surface area contributed by atoms with Gasteiger partial charge in [0.2, 0.25) is 5.91 Å². The van der Waals surface area contributed by atoms with Crippen LogP contribution in [0.1, 0.15) is 40.8 Å². The van der Waals surface area contributed by atoms with Gasteiger partial charge in [-0.2, -0.15) is 0 Å². The van der Waals surface area contributed by atoms with E-state index < -0.39 is 0 Å². The highest BCUT2D eigenvalue weighted by molar-refractivity contribution is 7.99. The normalized spacial score (nSPS) is 12.0. The molecule has 0 heterocycles. The van der Waals surface area contributed by atoms with E-state index in [1.54, 1.807) is 11.8 Å². The number of rotatable bonds is 6. The van der Waals surface area contributed by atoms with E-state index >= 15 is 0 Å². The van der Waals surface area contributed by atoms with Gasteiger partial charge in [-0.15, -0.1) is 11.8 Å². The maximum atomic E-state index is 12.1. The first kappa shape index (κ1) is 17.6. The van der Waals surface area contributed by atoms with Crippen LogP contribution in [0.5, 0.6) is 0 Å². The molecule has 0 aliphatic heterocycles. The van der Waals surface area contributed by atoms with Crippen LogP contribution in [0.15, 0.2) is 42.5 Å². The molecule has 1 N–H and O–H groups in total. The molecule has 0 bridgehead atoms. The Labute approximate surface area is 143 Å². The third-order valence-electron chi connectivity index (χ3n) is 3.86. The largest absolute Gasteiger partial charge is 0.349 e. The molecule has 122 valence electrons. The number of thioether (sulfide) groups is 1. The Hall–Kier alpha value is -1.74. The molecule has 23 heavy (non-hydrogen) atoms. The first-order valence-corrected chi connectivity index (χ1v) is 9.11. The van der Waals surface area contributed by atoms with Crippen molar-refractivity contribution >= 4 is 17.7 Å². The van der Waals surface area contributed by atoms with Crippen molar-refractivity contribution < 1.29 is 4.79 Å². The molecule has 1 unspecified atom stereocenters. The first-order valence-electron chi connectivity index (χ1n) is 7.95. The summed E-state index contributed by atoms with van der Waals surface area (Å²) in [4.78, 5) is 12.1. The van der Waals surface area contributed by atoms with Crippen LogP contribution in [-0.4, -0.2) is 11.7 Å². The predicted octanol–water partition coefficient (Wildman–Crippen LogP) is 4.72. The van der Waals surface area contributed by atoms with Crippen LogP contribution in [0.4, 0.5) is 0 Å². The van der Waals surface area contributed by atoms with Gasteiger partial charge in [-0.05, 0) is 44.4 Å². The number of carbonyl (C=O) groups excluding carboxylic acids is 1. The van der Waals surface area contributed by atoms with Crippen molar-refractivity contribution in [2.24, 2.45) is 0 Å². The van der Waals surface area contributed by atoms with Crippen molar-refractivity contribution in [2.45, 2.75) is 39.5 Å². The van der Waals surface area contributed by atoms with E-state index in [1.165, 1.54) is 27.8 Å². The third-order valence-corrected chi connectivity index (χ3v) is 4.87. The van der Waals surface area contributed by atoms with Gasteiger partial charge in [-0.3, -0.25) is 4.79 Å². The van der Waals surface area contributed by atoms with Crippen molar-refractivity contribution in [3.8, 4) is 0 Å². The summed E-state index contributed by atoms with van der Waals surface area (Å²) in [6.07, 6.45) is 0. The zero-order valence-electron chi connectivity index (χ0n) is 14.3. The average Bonchev–Trinajstić information content (AvgIpc) is 2.49. The fraction of sp³-hybridized carbons (Fsp3) is 0.350. The number of aryl methyl sites for hydroxylation is 3. The molecule has 2 aromatic carbocycles. The topological polar surface area (TPSA) is 29.1 Å². The Morgan fingerprint density at radius 2 is 1.83 bits per heavy atom. The van der Waals surface area contributed by atoms with Crippen molar-refractivity contribution in [2.75, 3.05) is 5.75 Å². The molecule has 0 saturated heterocycles. The van der Waals surface area contributed by atoms with E-state index in [9.17, 15) is 4.79 Å². The molecule has 2 nitrogen and oxygen atoms in total. The second-order valence-electron chi connectivity index (χ2n) is 6.13. The SMILES string of the molecule is Cc1cccc(CSCC(=O)NC(C)c2cc(C)ccc2C)c1. The van der Waals surface area contributed by atoms with Crippen molar-refractivity contribution in [1.82, 2.24) is 5.32 Å². The smallest absolute Gasteiger partial charge is 0.230 e. The monoisotopic (exact) mass is 327 g/mol. The lowest BCUT2D eigenvalue weighted by Gasteiger charge is -2.17. The van der Waals surface area contributed by atoms with E-state index in [4.69, 9.17) is 0 Å². The maximum Gasteiger partial charge on any atom is 0.230 e. The molecule has 0 aliphatic carbocycles. The molecule has 1 atom stereocenters. The summed E-state index contributed by atoms with van der Waals surface area (Å²) in [6.45, 7) is 8.30. The molecular formula is C20H25NOS. The van der Waals surface area contributed by atoms with Crippen LogP contribution in [0, 0.1) is 20.8 Å². The molecule has 0 aromatic heterocycles. The molecule has 2 rings (SSSR count). The van der Waals surface area contributed by atoms with Gasteiger partial charge in [0.25, 0.3) is 0 Å². The van der Waals surface area contributed by atoms with E-state index in [-0.39, 0.29) is 11.9 Å². The molecule has 0 radical (unpaired) electrons. The van der Waals surface area contributed by atoms with Gasteiger partial charge < -0.3 is 5.32 Å². The zero-order valence-corrected chi connectivity index (χ0v) is 15.2. The lowest BCUT2D eigenvalue weighted by Crippen LogP contribution is -2.28. The van der Waals surface area contributed by atoms with E-state index in [0.717, 1.165) is 5.75 Å². The van der Waals surface area contributed by atoms with Crippen molar-refractivity contribution in [1.29, 1.82) is 0 Å². The Bertz CT molecular complexity index is 681. The molecule has 2 aromatic rings. The predicted molar refractivity (Wildman–Crippen MR) is 99.8 cm³/mol. The molecule has 0 fully saturated rings. The van der Waals surface area contributed by atoms with Gasteiger partial charge in [-0.1, -0.05) is 53.6 Å². The number of benzene rings is 2. The molecule has 1 amide bonds. The summed E-state index contributed by atoms with van der Waals surface area (Å²) >= 11 is 1.66. The summed E-state index contributed by atoms with van der Waals surface area (Å²) in [5.41, 5.74) is 6.17. The summed E-state index contributed by atoms with van der Waals surface area (Å²) in [7, 11) is 0. The van der Waals surface area contributed by atoms with Crippen LogP contribution in [-0.2, 0) is 10.5 Å². The highest BCUT2D eigenvalue weighted by Crippen LogP contribution is 2.19. The Balaban J connectivity index is 1.83. The van der Waals surface area contributed by atoms with Crippen molar-refractivity contribution in [3.05, 3.63) is 70.3 Å². The zero-order chi connectivity index (χ0) is 16.8. The van der Waals surface area contributed by atoms with E-state index in [2.05, 4.69) is 68.6 Å². The molecule has 0 spiro atoms. The van der Waals surface area contributed by atoms with Gasteiger partial charge in [0.05, 0.1) is 11.8 Å². The minimum Gasteiger partial charge on any atom is -0.349 e. The second-order valence-corrected chi connectivity index (χ2v) is 7.12. The third kappa shape index (κ3) is 5.43. The highest BCUT2D eigenvalue weighted by atomic mass is 32.2. The van der Waals surface area contributed by atoms with Gasteiger partial charge in [-0.25, -0.2) is 0 Å². The standard InChI is InChI=1S/C20H25NOS/c1-14-6-5-7-18(10-14)12-23-13-20(22)21-17(4)19-11-15(2)8-9-16(19)3/h5-11,17H,12-13H2,1-4H3,(H,21,22). The summed E-state index contributed by atoms with van der Waals surface area (Å²) in [6, 6.07) is 14.8. The van der Waals surface area contributed by atoms with Crippen LogP contribution in [0.25, 0.3) is 0 Å². The Kier molecular flexibility index (Phi) is 6.28. The lowest BCUT2D eigenvalue weighted by molar-refractivity contribution is -0.119. The Morgan fingerprint density at radius 3 is 2.57 bits per heavy atom. The molecular weight excluding hydrogens is 302 g/mol. The van der Waals surface area contributed by atoms with E-state index in [1.807, 2.05) is 6.92 Å². The number of amides is 1. The van der Waals surface area contributed by atoms with Gasteiger partial charge in [0.1, 0.15) is 0 Å². The van der Waals surface area contributed by atoms with Gasteiger partial charge in [0.15, 0.2) is 0 Å². The fourth-order valence-electron chi connectivity index (χ4n) is 2.65. The van der Waals surface area contributed by atoms with Crippen molar-refractivity contribution in [3.63, 3.8) is 0 Å². The Morgan fingerprint density at radius 1 is 1.09 bits per heavy atom. The van der Waals surface area contributed by atoms with Crippen LogP contribution in [0.2, 0.25) is 0 Å². The highest BCUT2D eigenvalue weighted by Gasteiger charge is 2.12. The minimum absolute atomic E-state index is 0.0435. The quantitative estimate of drug-likeness (QED) is 0.831. The lowest BCUT2D eigenvalue weighted by atomic mass is 10.00. The summed E-state index contributed by atoms with van der Waals surface area (Å²) < 4.78 is 0. The van der Waals surface area contributed by atoms with Gasteiger partial charge in [0, 0.05) is 5.75 Å². The molecule has 0 saturated carbocycles.